The Bertz CT molecular complexity index is 743. The van der Waals surface area contributed by atoms with Gasteiger partial charge in [0.05, 0.1) is 22.5 Å². The summed E-state index contributed by atoms with van der Waals surface area (Å²) in [6, 6.07) is 7.27. The molecule has 0 radical (unpaired) electrons. The fourth-order valence-electron chi connectivity index (χ4n) is 2.61. The van der Waals surface area contributed by atoms with E-state index in [-0.39, 0.29) is 17.9 Å². The van der Waals surface area contributed by atoms with Gasteiger partial charge in [-0.15, -0.1) is 0 Å². The largest absolute Gasteiger partial charge is 0.347 e. The lowest BCUT2D eigenvalue weighted by atomic mass is 10.1. The molecule has 1 aromatic heterocycles. The van der Waals surface area contributed by atoms with Crippen molar-refractivity contribution in [3.63, 3.8) is 0 Å². The zero-order chi connectivity index (χ0) is 16.4. The first-order valence-electron chi connectivity index (χ1n) is 7.39. The lowest BCUT2D eigenvalue weighted by Gasteiger charge is -2.29. The number of hydrogen-bond donors (Lipinski definition) is 1. The Hall–Kier alpha value is -2.34. The molecule has 3 rings (SSSR count). The number of carbonyl (C=O) groups excluding carboxylic acids is 2. The van der Waals surface area contributed by atoms with E-state index in [0.29, 0.717) is 30.0 Å². The minimum Gasteiger partial charge on any atom is -0.347 e. The van der Waals surface area contributed by atoms with Crippen LogP contribution in [0.1, 0.15) is 23.2 Å². The van der Waals surface area contributed by atoms with Gasteiger partial charge >= 0.3 is 0 Å². The van der Waals surface area contributed by atoms with Crippen molar-refractivity contribution < 1.29 is 9.59 Å². The number of halogens is 1. The maximum Gasteiger partial charge on any atom is 0.254 e. The van der Waals surface area contributed by atoms with Crippen LogP contribution < -0.4 is 5.32 Å². The van der Waals surface area contributed by atoms with Crippen LogP contribution in [0.25, 0.3) is 5.69 Å². The molecule has 0 spiro atoms. The molecule has 1 aromatic carbocycles. The lowest BCUT2D eigenvalue weighted by molar-refractivity contribution is -0.132. The number of likely N-dealkylation sites (N-methyl/N-ethyl adjacent to an activating group) is 1. The summed E-state index contributed by atoms with van der Waals surface area (Å²) in [5.41, 5.74) is 1.18. The van der Waals surface area contributed by atoms with Crippen LogP contribution >= 0.6 is 11.6 Å². The van der Waals surface area contributed by atoms with Crippen molar-refractivity contribution in [3.8, 4) is 5.69 Å². The van der Waals surface area contributed by atoms with Crippen LogP contribution in [0.5, 0.6) is 0 Å². The summed E-state index contributed by atoms with van der Waals surface area (Å²) in [4.78, 5) is 25.4. The molecule has 0 unspecified atom stereocenters. The first-order valence-corrected chi connectivity index (χ1v) is 7.77. The number of amides is 2. The SMILES string of the molecule is CN1C[C@@H](NC(=O)c2cnn(-c3ccccc3Cl)c2)CCC1=O. The molecule has 23 heavy (non-hydrogen) atoms. The number of nitrogens with zero attached hydrogens (tertiary/aromatic N) is 3. The molecule has 2 amide bonds. The van der Waals surface area contributed by atoms with Gasteiger partial charge in [0.25, 0.3) is 5.91 Å². The van der Waals surface area contributed by atoms with Crippen molar-refractivity contribution in [3.05, 3.63) is 47.2 Å². The third-order valence-corrected chi connectivity index (χ3v) is 4.23. The van der Waals surface area contributed by atoms with Crippen molar-refractivity contribution in [1.82, 2.24) is 20.0 Å². The summed E-state index contributed by atoms with van der Waals surface area (Å²) < 4.78 is 1.58. The zero-order valence-electron chi connectivity index (χ0n) is 12.7. The van der Waals surface area contributed by atoms with Crippen molar-refractivity contribution in [2.45, 2.75) is 18.9 Å². The quantitative estimate of drug-likeness (QED) is 0.933. The summed E-state index contributed by atoms with van der Waals surface area (Å²) in [5.74, 6) is -0.0851. The van der Waals surface area contributed by atoms with Crippen molar-refractivity contribution in [2.75, 3.05) is 13.6 Å². The molecule has 120 valence electrons. The minimum absolute atomic E-state index is 0.0335. The topological polar surface area (TPSA) is 67.2 Å². The Balaban J connectivity index is 1.70. The van der Waals surface area contributed by atoms with E-state index in [0.717, 1.165) is 5.69 Å². The van der Waals surface area contributed by atoms with Crippen molar-refractivity contribution in [2.24, 2.45) is 0 Å². The van der Waals surface area contributed by atoms with Crippen molar-refractivity contribution in [1.29, 1.82) is 0 Å². The van der Waals surface area contributed by atoms with E-state index in [1.807, 2.05) is 18.2 Å². The van der Waals surface area contributed by atoms with Gasteiger partial charge in [-0.05, 0) is 18.6 Å². The molecule has 0 bridgehead atoms. The predicted molar refractivity (Wildman–Crippen MR) is 86.7 cm³/mol. The highest BCUT2D eigenvalue weighted by Gasteiger charge is 2.24. The zero-order valence-corrected chi connectivity index (χ0v) is 13.5. The molecule has 6 nitrogen and oxygen atoms in total. The third kappa shape index (κ3) is 3.37. The molecule has 2 aromatic rings. The van der Waals surface area contributed by atoms with E-state index in [1.165, 1.54) is 6.20 Å². The van der Waals surface area contributed by atoms with E-state index in [4.69, 9.17) is 11.6 Å². The summed E-state index contributed by atoms with van der Waals surface area (Å²) in [6.45, 7) is 0.531. The maximum atomic E-state index is 12.3. The highest BCUT2D eigenvalue weighted by Crippen LogP contribution is 2.19. The van der Waals surface area contributed by atoms with Crippen LogP contribution in [0.15, 0.2) is 36.7 Å². The highest BCUT2D eigenvalue weighted by atomic mass is 35.5. The van der Waals surface area contributed by atoms with Gasteiger partial charge in [0, 0.05) is 32.3 Å². The van der Waals surface area contributed by atoms with Gasteiger partial charge in [0.1, 0.15) is 0 Å². The van der Waals surface area contributed by atoms with E-state index >= 15 is 0 Å². The van der Waals surface area contributed by atoms with Gasteiger partial charge in [0.2, 0.25) is 5.91 Å². The van der Waals surface area contributed by atoms with Crippen LogP contribution in [0.2, 0.25) is 5.02 Å². The highest BCUT2D eigenvalue weighted by molar-refractivity contribution is 6.32. The second-order valence-electron chi connectivity index (χ2n) is 5.61. The fraction of sp³-hybridized carbons (Fsp3) is 0.312. The molecule has 1 aliphatic heterocycles. The molecule has 1 aliphatic rings. The van der Waals surface area contributed by atoms with E-state index < -0.39 is 0 Å². The fourth-order valence-corrected chi connectivity index (χ4v) is 2.83. The van der Waals surface area contributed by atoms with E-state index in [2.05, 4.69) is 10.4 Å². The van der Waals surface area contributed by atoms with E-state index in [9.17, 15) is 9.59 Å². The molecule has 1 N–H and O–H groups in total. The van der Waals surface area contributed by atoms with Gasteiger partial charge in [0.15, 0.2) is 0 Å². The number of nitrogens with one attached hydrogen (secondary N) is 1. The molecule has 1 fully saturated rings. The first kappa shape index (κ1) is 15.6. The van der Waals surface area contributed by atoms with Gasteiger partial charge in [-0.2, -0.15) is 5.10 Å². The van der Waals surface area contributed by atoms with Crippen LogP contribution in [0.4, 0.5) is 0 Å². The van der Waals surface area contributed by atoms with Gasteiger partial charge in [-0.25, -0.2) is 4.68 Å². The number of piperidine rings is 1. The number of rotatable bonds is 3. The maximum absolute atomic E-state index is 12.3. The van der Waals surface area contributed by atoms with E-state index in [1.54, 1.807) is 28.9 Å². The normalized spacial score (nSPS) is 18.1. The Morgan fingerprint density at radius 1 is 1.39 bits per heavy atom. The number of hydrogen-bond acceptors (Lipinski definition) is 3. The number of para-hydroxylation sites is 1. The monoisotopic (exact) mass is 332 g/mol. The molecule has 1 saturated heterocycles. The second-order valence-corrected chi connectivity index (χ2v) is 6.02. The molecule has 1 atom stereocenters. The number of carbonyl (C=O) groups is 2. The van der Waals surface area contributed by atoms with Crippen LogP contribution in [-0.2, 0) is 4.79 Å². The summed E-state index contributed by atoms with van der Waals surface area (Å²) >= 11 is 6.13. The first-order chi connectivity index (χ1) is 11.0. The van der Waals surface area contributed by atoms with Crippen molar-refractivity contribution >= 4 is 23.4 Å². The predicted octanol–water partition coefficient (Wildman–Crippen LogP) is 1.88. The average Bonchev–Trinajstić information content (AvgIpc) is 3.01. The Kier molecular flexibility index (Phi) is 4.34. The smallest absolute Gasteiger partial charge is 0.254 e. The Morgan fingerprint density at radius 3 is 2.91 bits per heavy atom. The van der Waals surface area contributed by atoms with Gasteiger partial charge in [-0.3, -0.25) is 9.59 Å². The standard InChI is InChI=1S/C16H17ClN4O2/c1-20-10-12(6-7-15(20)22)19-16(23)11-8-18-21(9-11)14-5-3-2-4-13(14)17/h2-5,8-9,12H,6-7,10H2,1H3,(H,19,23)/t12-/m0/s1. The van der Waals surface area contributed by atoms with Gasteiger partial charge in [-0.1, -0.05) is 23.7 Å². The van der Waals surface area contributed by atoms with Crippen LogP contribution in [-0.4, -0.2) is 46.1 Å². The molecule has 0 aliphatic carbocycles. The average molecular weight is 333 g/mol. The Labute approximate surface area is 139 Å². The molecular formula is C16H17ClN4O2. The van der Waals surface area contributed by atoms with Gasteiger partial charge < -0.3 is 10.2 Å². The van der Waals surface area contributed by atoms with Crippen LogP contribution in [0.3, 0.4) is 0 Å². The summed E-state index contributed by atoms with van der Waals surface area (Å²) in [5, 5.41) is 7.71. The summed E-state index contributed by atoms with van der Waals surface area (Å²) in [7, 11) is 1.75. The number of aromatic nitrogens is 2. The van der Waals surface area contributed by atoms with Crippen LogP contribution in [0, 0.1) is 0 Å². The molecular weight excluding hydrogens is 316 g/mol. The Morgan fingerprint density at radius 2 is 2.17 bits per heavy atom. The molecule has 0 saturated carbocycles. The third-order valence-electron chi connectivity index (χ3n) is 3.91. The molecule has 2 heterocycles. The number of benzene rings is 1. The molecule has 7 heteroatoms. The summed E-state index contributed by atoms with van der Waals surface area (Å²) in [6.07, 6.45) is 4.28. The minimum atomic E-state index is -0.198. The number of likely N-dealkylation sites (tertiary alicyclic amines) is 1. The lowest BCUT2D eigenvalue weighted by Crippen LogP contribution is -2.48. The second kappa shape index (κ2) is 6.42.